The average molecular weight is 318 g/mol. The zero-order chi connectivity index (χ0) is 17.2. The van der Waals surface area contributed by atoms with Crippen LogP contribution >= 0.6 is 0 Å². The Kier molecular flexibility index (Phi) is 7.53. The van der Waals surface area contributed by atoms with Crippen LogP contribution < -0.4 is 0 Å². The summed E-state index contributed by atoms with van der Waals surface area (Å²) in [6, 6.07) is 6.87. The molecule has 0 unspecified atom stereocenters. The summed E-state index contributed by atoms with van der Waals surface area (Å²) in [4.78, 5) is 23.3. The third kappa shape index (κ3) is 6.34. The highest BCUT2D eigenvalue weighted by Gasteiger charge is 2.12. The second-order valence-corrected chi connectivity index (χ2v) is 4.81. The number of hydrazone groups is 1. The maximum atomic E-state index is 11.7. The number of carbonyl (C=O) groups excluding carboxylic acids is 2. The van der Waals surface area contributed by atoms with Crippen LogP contribution in [0.1, 0.15) is 36.2 Å². The lowest BCUT2D eigenvalue weighted by molar-refractivity contribution is -0.129. The first-order chi connectivity index (χ1) is 11.0. The van der Waals surface area contributed by atoms with Gasteiger partial charge in [-0.1, -0.05) is 18.2 Å². The monoisotopic (exact) mass is 318 g/mol. The quantitative estimate of drug-likeness (QED) is 0.194. The Morgan fingerprint density at radius 2 is 2.09 bits per heavy atom. The molecule has 1 aromatic carbocycles. The number of rotatable bonds is 7. The van der Waals surface area contributed by atoms with E-state index < -0.39 is 5.97 Å². The van der Waals surface area contributed by atoms with Crippen molar-refractivity contribution in [2.24, 2.45) is 5.10 Å². The number of carbonyl (C=O) groups is 2. The van der Waals surface area contributed by atoms with Crippen LogP contribution in [0, 0.1) is 0 Å². The first-order valence-electron chi connectivity index (χ1n) is 7.22. The summed E-state index contributed by atoms with van der Waals surface area (Å²) < 4.78 is 10.1. The Bertz CT molecular complexity index is 596. The fourth-order valence-corrected chi connectivity index (χ4v) is 1.79. The summed E-state index contributed by atoms with van der Waals surface area (Å²) in [6.07, 6.45) is 2.45. The maximum absolute atomic E-state index is 11.7. The molecule has 0 N–H and O–H groups in total. The molecule has 1 amide bonds. The van der Waals surface area contributed by atoms with Gasteiger partial charge in [0.25, 0.3) is 0 Å². The number of esters is 1. The smallest absolute Gasteiger partial charge is 0.337 e. The predicted molar refractivity (Wildman–Crippen MR) is 87.9 cm³/mol. The molecule has 0 aliphatic carbocycles. The highest BCUT2D eigenvalue weighted by molar-refractivity contribution is 5.89. The molecule has 0 aromatic heterocycles. The van der Waals surface area contributed by atoms with Gasteiger partial charge in [0.2, 0.25) is 11.8 Å². The standard InChI is InChI=1S/C17H22N2O4/c1-5-6-10-23-13(2)18-19(14(3)20)12-15-8-7-9-16(11-15)17(21)22-4/h5,7-9,11H,1,6,10,12H2,2-4H3/b18-13+. The number of hydrogen-bond acceptors (Lipinski definition) is 5. The lowest BCUT2D eigenvalue weighted by Gasteiger charge is -2.17. The van der Waals surface area contributed by atoms with Crippen LogP contribution in [0.3, 0.4) is 0 Å². The molecule has 23 heavy (non-hydrogen) atoms. The minimum absolute atomic E-state index is 0.222. The van der Waals surface area contributed by atoms with Gasteiger partial charge in [0.1, 0.15) is 0 Å². The topological polar surface area (TPSA) is 68.2 Å². The molecule has 1 rings (SSSR count). The summed E-state index contributed by atoms with van der Waals surface area (Å²) in [5.74, 6) is -0.250. The Hall–Kier alpha value is -2.63. The lowest BCUT2D eigenvalue weighted by atomic mass is 10.1. The van der Waals surface area contributed by atoms with Gasteiger partial charge in [0.05, 0.1) is 25.8 Å². The molecule has 1 aromatic rings. The van der Waals surface area contributed by atoms with Crippen molar-refractivity contribution in [3.63, 3.8) is 0 Å². The molecule has 6 heteroatoms. The molecule has 0 aliphatic heterocycles. The van der Waals surface area contributed by atoms with E-state index in [1.807, 2.05) is 6.07 Å². The number of ether oxygens (including phenoxy) is 2. The molecule has 0 saturated heterocycles. The SMILES string of the molecule is C=CCCO/C(C)=N/N(Cc1cccc(C(=O)OC)c1)C(C)=O. The minimum Gasteiger partial charge on any atom is -0.480 e. The third-order valence-electron chi connectivity index (χ3n) is 2.94. The van der Waals surface area contributed by atoms with Crippen LogP contribution in [0.15, 0.2) is 42.0 Å². The first-order valence-corrected chi connectivity index (χ1v) is 7.22. The summed E-state index contributed by atoms with van der Waals surface area (Å²) >= 11 is 0. The Balaban J connectivity index is 2.84. The van der Waals surface area contributed by atoms with Gasteiger partial charge < -0.3 is 9.47 Å². The van der Waals surface area contributed by atoms with Gasteiger partial charge in [-0.15, -0.1) is 11.7 Å². The molecule has 0 atom stereocenters. The second-order valence-electron chi connectivity index (χ2n) is 4.81. The van der Waals surface area contributed by atoms with Crippen molar-refractivity contribution in [1.82, 2.24) is 5.01 Å². The number of hydrogen-bond donors (Lipinski definition) is 0. The summed E-state index contributed by atoms with van der Waals surface area (Å²) in [5.41, 5.74) is 1.20. The molecule has 0 saturated carbocycles. The van der Waals surface area contributed by atoms with Crippen LogP contribution in [0.5, 0.6) is 0 Å². The summed E-state index contributed by atoms with van der Waals surface area (Å²) in [6.45, 7) is 7.41. The van der Waals surface area contributed by atoms with Gasteiger partial charge in [0, 0.05) is 13.8 Å². The van der Waals surface area contributed by atoms with Crippen LogP contribution in [-0.4, -0.2) is 36.5 Å². The zero-order valence-corrected chi connectivity index (χ0v) is 13.7. The van der Waals surface area contributed by atoms with Crippen molar-refractivity contribution in [1.29, 1.82) is 0 Å². The van der Waals surface area contributed by atoms with Gasteiger partial charge in [-0.2, -0.15) is 0 Å². The lowest BCUT2D eigenvalue weighted by Crippen LogP contribution is -2.24. The number of methoxy groups -OCH3 is 1. The van der Waals surface area contributed by atoms with Crippen LogP contribution in [0.25, 0.3) is 0 Å². The molecule has 0 heterocycles. The van der Waals surface area contributed by atoms with E-state index in [0.29, 0.717) is 24.5 Å². The van der Waals surface area contributed by atoms with E-state index in [1.165, 1.54) is 19.0 Å². The number of amides is 1. The average Bonchev–Trinajstić information content (AvgIpc) is 2.54. The van der Waals surface area contributed by atoms with E-state index in [1.54, 1.807) is 31.2 Å². The summed E-state index contributed by atoms with van der Waals surface area (Å²) in [7, 11) is 1.32. The summed E-state index contributed by atoms with van der Waals surface area (Å²) in [5, 5.41) is 5.46. The highest BCUT2D eigenvalue weighted by Crippen LogP contribution is 2.10. The molecule has 124 valence electrons. The Morgan fingerprint density at radius 3 is 2.70 bits per heavy atom. The fourth-order valence-electron chi connectivity index (χ4n) is 1.79. The largest absolute Gasteiger partial charge is 0.480 e. The first kappa shape index (κ1) is 18.4. The van der Waals surface area contributed by atoms with Crippen molar-refractivity contribution < 1.29 is 19.1 Å². The molecule has 0 aliphatic rings. The van der Waals surface area contributed by atoms with Crippen molar-refractivity contribution in [3.8, 4) is 0 Å². The number of benzene rings is 1. The van der Waals surface area contributed by atoms with Gasteiger partial charge in [0.15, 0.2) is 0 Å². The fraction of sp³-hybridized carbons (Fsp3) is 0.353. The third-order valence-corrected chi connectivity index (χ3v) is 2.94. The number of nitrogens with zero attached hydrogens (tertiary/aromatic N) is 2. The van der Waals surface area contributed by atoms with Crippen molar-refractivity contribution in [3.05, 3.63) is 48.0 Å². The van der Waals surface area contributed by atoms with E-state index >= 15 is 0 Å². The van der Waals surface area contributed by atoms with E-state index in [0.717, 1.165) is 5.56 Å². The van der Waals surface area contributed by atoms with Crippen LogP contribution in [-0.2, 0) is 20.8 Å². The van der Waals surface area contributed by atoms with Crippen LogP contribution in [0.2, 0.25) is 0 Å². The van der Waals surface area contributed by atoms with E-state index in [4.69, 9.17) is 4.74 Å². The van der Waals surface area contributed by atoms with E-state index in [2.05, 4.69) is 16.4 Å². The minimum atomic E-state index is -0.423. The predicted octanol–water partition coefficient (Wildman–Crippen LogP) is 2.75. The molecule has 0 radical (unpaired) electrons. The van der Waals surface area contributed by atoms with Crippen molar-refractivity contribution in [2.45, 2.75) is 26.8 Å². The molecule has 0 spiro atoms. The molecule has 0 fully saturated rings. The molecule has 6 nitrogen and oxygen atoms in total. The molecule has 0 bridgehead atoms. The van der Waals surface area contributed by atoms with E-state index in [-0.39, 0.29) is 12.5 Å². The zero-order valence-electron chi connectivity index (χ0n) is 13.7. The normalized spacial score (nSPS) is 10.8. The van der Waals surface area contributed by atoms with Crippen molar-refractivity contribution in [2.75, 3.05) is 13.7 Å². The highest BCUT2D eigenvalue weighted by atomic mass is 16.5. The maximum Gasteiger partial charge on any atom is 0.337 e. The molecular formula is C17H22N2O4. The van der Waals surface area contributed by atoms with Gasteiger partial charge in [-0.25, -0.2) is 9.80 Å². The van der Waals surface area contributed by atoms with Gasteiger partial charge in [-0.05, 0) is 24.1 Å². The second kappa shape index (κ2) is 9.40. The Labute approximate surface area is 136 Å². The Morgan fingerprint density at radius 1 is 1.35 bits per heavy atom. The van der Waals surface area contributed by atoms with E-state index in [9.17, 15) is 9.59 Å². The molecular weight excluding hydrogens is 296 g/mol. The van der Waals surface area contributed by atoms with Gasteiger partial charge in [-0.3, -0.25) is 4.79 Å². The van der Waals surface area contributed by atoms with Crippen molar-refractivity contribution >= 4 is 17.8 Å². The van der Waals surface area contributed by atoms with Gasteiger partial charge >= 0.3 is 5.97 Å². The van der Waals surface area contributed by atoms with Crippen LogP contribution in [0.4, 0.5) is 0 Å².